The summed E-state index contributed by atoms with van der Waals surface area (Å²) < 4.78 is 37.6. The molecular weight excluding hydrogens is 346 g/mol. The predicted octanol–water partition coefficient (Wildman–Crippen LogP) is 2.60. The summed E-state index contributed by atoms with van der Waals surface area (Å²) in [7, 11) is -0.923. The molecule has 0 spiro atoms. The Kier molecular flexibility index (Phi) is 5.66. The van der Waals surface area contributed by atoms with E-state index in [1.807, 2.05) is 0 Å². The number of sulfonamides is 1. The first-order valence-corrected chi connectivity index (χ1v) is 8.60. The molecule has 0 fully saturated rings. The van der Waals surface area contributed by atoms with E-state index < -0.39 is 16.0 Å². The molecule has 7 nitrogen and oxygen atoms in total. The van der Waals surface area contributed by atoms with Gasteiger partial charge in [0.15, 0.2) is 11.5 Å². The molecule has 2 aromatic carbocycles. The SMILES string of the molecule is COc1ccc(S(=O)(=O)Nc2ccc(C=CC(=O)O)cc2)cc1OC. The molecule has 0 amide bonds. The summed E-state index contributed by atoms with van der Waals surface area (Å²) in [6.07, 6.45) is 2.41. The zero-order valence-corrected chi connectivity index (χ0v) is 14.4. The molecule has 0 heterocycles. The third kappa shape index (κ3) is 4.74. The number of rotatable bonds is 7. The predicted molar refractivity (Wildman–Crippen MR) is 93.5 cm³/mol. The van der Waals surface area contributed by atoms with Crippen LogP contribution in [0.25, 0.3) is 6.08 Å². The number of carbonyl (C=O) groups is 1. The Labute approximate surface area is 145 Å². The van der Waals surface area contributed by atoms with E-state index in [1.165, 1.54) is 38.5 Å². The minimum Gasteiger partial charge on any atom is -0.493 e. The second-order valence-corrected chi connectivity index (χ2v) is 6.60. The van der Waals surface area contributed by atoms with Gasteiger partial charge in [0.05, 0.1) is 19.1 Å². The first-order chi connectivity index (χ1) is 11.9. The number of hydrogen-bond donors (Lipinski definition) is 2. The average molecular weight is 363 g/mol. The Balaban J connectivity index is 2.22. The third-order valence-corrected chi connectivity index (χ3v) is 4.63. The fourth-order valence-corrected chi connectivity index (χ4v) is 3.10. The molecule has 0 aromatic heterocycles. The number of aliphatic carboxylic acids is 1. The van der Waals surface area contributed by atoms with Gasteiger partial charge >= 0.3 is 5.97 Å². The van der Waals surface area contributed by atoms with Crippen LogP contribution in [-0.2, 0) is 14.8 Å². The van der Waals surface area contributed by atoms with Crippen molar-refractivity contribution in [1.29, 1.82) is 0 Å². The Morgan fingerprint density at radius 3 is 2.24 bits per heavy atom. The summed E-state index contributed by atoms with van der Waals surface area (Å²) in [4.78, 5) is 10.5. The van der Waals surface area contributed by atoms with Gasteiger partial charge in [0.25, 0.3) is 10.0 Å². The molecular formula is C17H17NO6S. The fraction of sp³-hybridized carbons (Fsp3) is 0.118. The number of ether oxygens (including phenoxy) is 2. The van der Waals surface area contributed by atoms with Crippen molar-refractivity contribution in [3.05, 3.63) is 54.1 Å². The summed E-state index contributed by atoms with van der Waals surface area (Å²) in [5.41, 5.74) is 0.985. The highest BCUT2D eigenvalue weighted by atomic mass is 32.2. The van der Waals surface area contributed by atoms with Crippen molar-refractivity contribution < 1.29 is 27.8 Å². The van der Waals surface area contributed by atoms with Gasteiger partial charge in [-0.1, -0.05) is 12.1 Å². The average Bonchev–Trinajstić information content (AvgIpc) is 2.60. The summed E-state index contributed by atoms with van der Waals surface area (Å²) >= 11 is 0. The van der Waals surface area contributed by atoms with Gasteiger partial charge in [-0.15, -0.1) is 0 Å². The number of hydrogen-bond acceptors (Lipinski definition) is 5. The van der Waals surface area contributed by atoms with Crippen LogP contribution >= 0.6 is 0 Å². The van der Waals surface area contributed by atoms with Crippen LogP contribution < -0.4 is 14.2 Å². The first kappa shape index (κ1) is 18.3. The molecule has 0 saturated heterocycles. The molecule has 0 unspecified atom stereocenters. The van der Waals surface area contributed by atoms with Gasteiger partial charge in [0.1, 0.15) is 0 Å². The maximum atomic E-state index is 12.5. The van der Waals surface area contributed by atoms with E-state index in [-0.39, 0.29) is 4.90 Å². The van der Waals surface area contributed by atoms with Gasteiger partial charge in [-0.25, -0.2) is 13.2 Å². The fourth-order valence-electron chi connectivity index (χ4n) is 2.03. The lowest BCUT2D eigenvalue weighted by atomic mass is 10.2. The topological polar surface area (TPSA) is 102 Å². The lowest BCUT2D eigenvalue weighted by Crippen LogP contribution is -2.13. The number of carboxylic acids is 1. The van der Waals surface area contributed by atoms with Crippen molar-refractivity contribution in [2.24, 2.45) is 0 Å². The highest BCUT2D eigenvalue weighted by Crippen LogP contribution is 2.30. The summed E-state index contributed by atoms with van der Waals surface area (Å²) in [6.45, 7) is 0. The highest BCUT2D eigenvalue weighted by Gasteiger charge is 2.17. The number of anilines is 1. The van der Waals surface area contributed by atoms with Crippen molar-refractivity contribution in [1.82, 2.24) is 0 Å². The lowest BCUT2D eigenvalue weighted by Gasteiger charge is -2.11. The van der Waals surface area contributed by atoms with Crippen LogP contribution in [0.4, 0.5) is 5.69 Å². The number of benzene rings is 2. The minimum absolute atomic E-state index is 0.0278. The van der Waals surface area contributed by atoms with Crippen molar-refractivity contribution in [3.63, 3.8) is 0 Å². The van der Waals surface area contributed by atoms with Crippen molar-refractivity contribution in [3.8, 4) is 11.5 Å². The molecule has 0 aliphatic carbocycles. The van der Waals surface area contributed by atoms with E-state index >= 15 is 0 Å². The van der Waals surface area contributed by atoms with Crippen LogP contribution in [0.5, 0.6) is 11.5 Å². The van der Waals surface area contributed by atoms with E-state index in [2.05, 4.69) is 4.72 Å². The highest BCUT2D eigenvalue weighted by molar-refractivity contribution is 7.92. The second kappa shape index (κ2) is 7.71. The van der Waals surface area contributed by atoms with E-state index in [0.29, 0.717) is 22.7 Å². The van der Waals surface area contributed by atoms with Crippen LogP contribution in [0.3, 0.4) is 0 Å². The molecule has 0 bridgehead atoms. The van der Waals surface area contributed by atoms with Gasteiger partial charge in [-0.05, 0) is 35.9 Å². The van der Waals surface area contributed by atoms with Gasteiger partial charge in [0.2, 0.25) is 0 Å². The van der Waals surface area contributed by atoms with Crippen molar-refractivity contribution >= 4 is 27.8 Å². The Hall–Kier alpha value is -3.00. The molecule has 8 heteroatoms. The summed E-state index contributed by atoms with van der Waals surface area (Å²) in [5.74, 6) is -0.325. The first-order valence-electron chi connectivity index (χ1n) is 7.11. The van der Waals surface area contributed by atoms with E-state index in [1.54, 1.807) is 24.3 Å². The molecule has 0 aliphatic heterocycles. The second-order valence-electron chi connectivity index (χ2n) is 4.92. The Morgan fingerprint density at radius 1 is 1.04 bits per heavy atom. The summed E-state index contributed by atoms with van der Waals surface area (Å²) in [5, 5.41) is 8.59. The van der Waals surface area contributed by atoms with Gasteiger partial charge < -0.3 is 14.6 Å². The molecule has 0 radical (unpaired) electrons. The molecule has 25 heavy (non-hydrogen) atoms. The van der Waals surface area contributed by atoms with Crippen LogP contribution in [-0.4, -0.2) is 33.7 Å². The normalized spacial score (nSPS) is 11.3. The molecule has 2 N–H and O–H groups in total. The standard InChI is InChI=1S/C17H17NO6S/c1-23-15-9-8-14(11-16(15)24-2)25(21,22)18-13-6-3-12(4-7-13)5-10-17(19)20/h3-11,18H,1-2H3,(H,19,20). The van der Waals surface area contributed by atoms with E-state index in [0.717, 1.165) is 6.08 Å². The van der Waals surface area contributed by atoms with Crippen molar-refractivity contribution in [2.45, 2.75) is 4.90 Å². The zero-order valence-electron chi connectivity index (χ0n) is 13.6. The molecule has 2 aromatic rings. The van der Waals surface area contributed by atoms with Gasteiger partial charge in [-0.2, -0.15) is 0 Å². The van der Waals surface area contributed by atoms with E-state index in [9.17, 15) is 13.2 Å². The molecule has 2 rings (SSSR count). The van der Waals surface area contributed by atoms with Crippen molar-refractivity contribution in [2.75, 3.05) is 18.9 Å². The molecule has 0 atom stereocenters. The number of nitrogens with one attached hydrogen (secondary N) is 1. The van der Waals surface area contributed by atoms with Crippen LogP contribution in [0.1, 0.15) is 5.56 Å². The molecule has 0 aliphatic rings. The lowest BCUT2D eigenvalue weighted by molar-refractivity contribution is -0.131. The Morgan fingerprint density at radius 2 is 1.68 bits per heavy atom. The van der Waals surface area contributed by atoms with Crippen LogP contribution in [0.2, 0.25) is 0 Å². The maximum absolute atomic E-state index is 12.5. The quantitative estimate of drug-likeness (QED) is 0.733. The van der Waals surface area contributed by atoms with Gasteiger partial charge in [-0.3, -0.25) is 4.72 Å². The molecule has 0 saturated carbocycles. The maximum Gasteiger partial charge on any atom is 0.328 e. The smallest absolute Gasteiger partial charge is 0.328 e. The van der Waals surface area contributed by atoms with Crippen LogP contribution in [0.15, 0.2) is 53.4 Å². The third-order valence-electron chi connectivity index (χ3n) is 3.25. The van der Waals surface area contributed by atoms with Gasteiger partial charge in [0, 0.05) is 17.8 Å². The monoisotopic (exact) mass is 363 g/mol. The minimum atomic E-state index is -3.81. The number of methoxy groups -OCH3 is 2. The largest absolute Gasteiger partial charge is 0.493 e. The summed E-state index contributed by atoms with van der Waals surface area (Å²) in [6, 6.07) is 10.6. The van der Waals surface area contributed by atoms with Crippen LogP contribution in [0, 0.1) is 0 Å². The zero-order chi connectivity index (χ0) is 18.4. The molecule has 132 valence electrons. The van der Waals surface area contributed by atoms with E-state index in [4.69, 9.17) is 14.6 Å². The Bertz CT molecular complexity index is 888. The number of carboxylic acid groups (broad SMARTS) is 1.